The molecule has 0 aromatic carbocycles. The first-order valence-corrected chi connectivity index (χ1v) is 33.3. The van der Waals surface area contributed by atoms with Crippen molar-refractivity contribution >= 4 is 17.9 Å². The molecule has 0 spiro atoms. The molecule has 0 aromatic heterocycles. The Balaban J connectivity index is 4.31. The summed E-state index contributed by atoms with van der Waals surface area (Å²) >= 11 is 0. The summed E-state index contributed by atoms with van der Waals surface area (Å²) in [6.45, 7) is 6.35. The van der Waals surface area contributed by atoms with Crippen molar-refractivity contribution in [1.29, 1.82) is 0 Å². The summed E-state index contributed by atoms with van der Waals surface area (Å²) < 4.78 is 16.9. The van der Waals surface area contributed by atoms with Gasteiger partial charge in [-0.2, -0.15) is 0 Å². The van der Waals surface area contributed by atoms with E-state index in [1.165, 1.54) is 103 Å². The fraction of sp³-hybridized carbons (Fsp3) is 0.640. The van der Waals surface area contributed by atoms with E-state index in [1.807, 2.05) is 0 Å². The quantitative estimate of drug-likeness (QED) is 0.0261. The van der Waals surface area contributed by atoms with Crippen molar-refractivity contribution in [2.24, 2.45) is 0 Å². The number of unbranched alkanes of at least 4 members (excludes halogenated alkanes) is 24. The molecule has 6 heteroatoms. The van der Waals surface area contributed by atoms with Crippen LogP contribution in [0.3, 0.4) is 0 Å². The predicted octanol–water partition coefficient (Wildman–Crippen LogP) is 23.1. The van der Waals surface area contributed by atoms with Crippen LogP contribution in [0.4, 0.5) is 0 Å². The van der Waals surface area contributed by atoms with Crippen molar-refractivity contribution in [2.75, 3.05) is 13.2 Å². The molecule has 0 saturated carbocycles. The molecular weight excluding hydrogens is 997 g/mol. The molecule has 0 fully saturated rings. The van der Waals surface area contributed by atoms with E-state index in [0.29, 0.717) is 19.3 Å². The molecule has 0 aliphatic rings. The highest BCUT2D eigenvalue weighted by molar-refractivity contribution is 5.71. The second kappa shape index (κ2) is 67.8. The second-order valence-electron chi connectivity index (χ2n) is 21.6. The van der Waals surface area contributed by atoms with Gasteiger partial charge in [0.05, 0.1) is 0 Å². The zero-order valence-electron chi connectivity index (χ0n) is 52.5. The molecule has 0 amide bonds. The van der Waals surface area contributed by atoms with Gasteiger partial charge in [-0.05, 0) is 141 Å². The molecule has 0 aromatic rings. The number of hydrogen-bond acceptors (Lipinski definition) is 6. The Morgan fingerprint density at radius 3 is 0.765 bits per heavy atom. The molecule has 0 saturated heterocycles. The Bertz CT molecular complexity index is 1760. The Kier molecular flexibility index (Phi) is 63.9. The molecule has 1 atom stereocenters. The van der Waals surface area contributed by atoms with E-state index in [1.54, 1.807) is 0 Å². The summed E-state index contributed by atoms with van der Waals surface area (Å²) in [7, 11) is 0. The molecule has 81 heavy (non-hydrogen) atoms. The van der Waals surface area contributed by atoms with Gasteiger partial charge in [0.2, 0.25) is 0 Å². The minimum atomic E-state index is -0.804. The molecule has 0 N–H and O–H groups in total. The molecule has 458 valence electrons. The molecular formula is C75H122O6. The highest BCUT2D eigenvalue weighted by Crippen LogP contribution is 2.15. The predicted molar refractivity (Wildman–Crippen MR) is 352 cm³/mol. The number of rotatable bonds is 59. The number of hydrogen-bond donors (Lipinski definition) is 0. The third kappa shape index (κ3) is 66.0. The van der Waals surface area contributed by atoms with E-state index in [9.17, 15) is 14.4 Å². The molecule has 0 heterocycles. The van der Waals surface area contributed by atoms with Gasteiger partial charge in [0.25, 0.3) is 0 Å². The lowest BCUT2D eigenvalue weighted by Crippen LogP contribution is -2.30. The third-order valence-electron chi connectivity index (χ3n) is 13.8. The lowest BCUT2D eigenvalue weighted by molar-refractivity contribution is -0.167. The maximum absolute atomic E-state index is 12.9. The molecule has 0 aliphatic carbocycles. The Morgan fingerprint density at radius 1 is 0.259 bits per heavy atom. The van der Waals surface area contributed by atoms with E-state index in [2.05, 4.69) is 167 Å². The second-order valence-corrected chi connectivity index (χ2v) is 21.6. The summed E-state index contributed by atoms with van der Waals surface area (Å²) in [6, 6.07) is 0. The van der Waals surface area contributed by atoms with Gasteiger partial charge >= 0.3 is 17.9 Å². The third-order valence-corrected chi connectivity index (χ3v) is 13.8. The summed E-state index contributed by atoms with van der Waals surface area (Å²) in [4.78, 5) is 38.3. The van der Waals surface area contributed by atoms with Crippen LogP contribution in [0.5, 0.6) is 0 Å². The summed E-state index contributed by atoms with van der Waals surface area (Å²) in [5.74, 6) is -0.941. The number of ether oxygens (including phenoxy) is 3. The molecule has 0 aliphatic heterocycles. The normalized spacial score (nSPS) is 13.1. The number of esters is 3. The van der Waals surface area contributed by atoms with Gasteiger partial charge in [-0.15, -0.1) is 0 Å². The lowest BCUT2D eigenvalue weighted by atomic mass is 10.0. The van der Waals surface area contributed by atoms with Crippen molar-refractivity contribution in [1.82, 2.24) is 0 Å². The zero-order chi connectivity index (χ0) is 58.5. The van der Waals surface area contributed by atoms with Crippen molar-refractivity contribution in [2.45, 2.75) is 297 Å². The highest BCUT2D eigenvalue weighted by atomic mass is 16.6. The maximum atomic E-state index is 12.9. The molecule has 0 rings (SSSR count). The zero-order valence-corrected chi connectivity index (χ0v) is 52.5. The van der Waals surface area contributed by atoms with Crippen LogP contribution in [0.1, 0.15) is 290 Å². The smallest absolute Gasteiger partial charge is 0.306 e. The molecule has 1 unspecified atom stereocenters. The van der Waals surface area contributed by atoms with E-state index in [-0.39, 0.29) is 31.1 Å². The first-order valence-electron chi connectivity index (χ1n) is 33.3. The Morgan fingerprint density at radius 2 is 0.481 bits per heavy atom. The Hall–Kier alpha value is -4.71. The maximum Gasteiger partial charge on any atom is 0.306 e. The van der Waals surface area contributed by atoms with Crippen LogP contribution in [-0.4, -0.2) is 37.2 Å². The van der Waals surface area contributed by atoms with Crippen LogP contribution in [0, 0.1) is 0 Å². The fourth-order valence-corrected chi connectivity index (χ4v) is 8.88. The van der Waals surface area contributed by atoms with Gasteiger partial charge in [0.15, 0.2) is 6.10 Å². The number of carbonyl (C=O) groups excluding carboxylic acids is 3. The van der Waals surface area contributed by atoms with Crippen LogP contribution in [0.25, 0.3) is 0 Å². The van der Waals surface area contributed by atoms with E-state index >= 15 is 0 Å². The number of allylic oxidation sites excluding steroid dienone is 24. The monoisotopic (exact) mass is 1120 g/mol. The summed E-state index contributed by atoms with van der Waals surface area (Å²) in [5.41, 5.74) is 0. The first-order chi connectivity index (χ1) is 40.0. The van der Waals surface area contributed by atoms with E-state index < -0.39 is 6.10 Å². The highest BCUT2D eigenvalue weighted by Gasteiger charge is 2.19. The van der Waals surface area contributed by atoms with Crippen LogP contribution in [0.2, 0.25) is 0 Å². The van der Waals surface area contributed by atoms with E-state index in [0.717, 1.165) is 148 Å². The van der Waals surface area contributed by atoms with Gasteiger partial charge in [0, 0.05) is 19.3 Å². The fourth-order valence-electron chi connectivity index (χ4n) is 8.88. The molecule has 6 nitrogen and oxygen atoms in total. The van der Waals surface area contributed by atoms with Gasteiger partial charge in [-0.25, -0.2) is 0 Å². The van der Waals surface area contributed by atoms with Crippen molar-refractivity contribution in [3.63, 3.8) is 0 Å². The minimum absolute atomic E-state index is 0.0977. The largest absolute Gasteiger partial charge is 0.462 e. The van der Waals surface area contributed by atoms with Gasteiger partial charge in [-0.1, -0.05) is 276 Å². The number of carbonyl (C=O) groups is 3. The topological polar surface area (TPSA) is 78.9 Å². The van der Waals surface area contributed by atoms with Gasteiger partial charge in [-0.3, -0.25) is 14.4 Å². The van der Waals surface area contributed by atoms with Gasteiger partial charge in [0.1, 0.15) is 13.2 Å². The average molecular weight is 1120 g/mol. The van der Waals surface area contributed by atoms with Crippen LogP contribution in [0.15, 0.2) is 146 Å². The minimum Gasteiger partial charge on any atom is -0.462 e. The van der Waals surface area contributed by atoms with Crippen molar-refractivity contribution in [3.8, 4) is 0 Å². The standard InChI is InChI=1S/C75H122O6/c1-4-7-10-13-16-19-22-25-27-29-31-32-33-34-35-36-37-38-39-40-41-42-44-45-47-50-53-56-59-62-65-68-74(77)80-71-72(70-79-73(76)67-64-61-58-55-52-49-24-21-18-15-12-9-6-3)81-75(78)69-66-63-60-57-54-51-48-46-43-30-28-26-23-20-17-14-11-8-5-2/h7,9-10,12,16-21,25-28,31-32,34-35,37-38,43,46,49,52,72H,4-6,8,11,13-15,22-24,29-30,33,36,39-42,44-45,47-48,50-51,53-71H2,1-3H3/b10-7-,12-9-,19-16-,20-17-,21-18-,27-25-,28-26-,32-31-,35-34-,38-37-,46-43-,52-49-. The lowest BCUT2D eigenvalue weighted by Gasteiger charge is -2.18. The molecule has 0 radical (unpaired) electrons. The summed E-state index contributed by atoms with van der Waals surface area (Å²) in [6.07, 6.45) is 97.2. The van der Waals surface area contributed by atoms with Crippen LogP contribution in [-0.2, 0) is 28.6 Å². The average Bonchev–Trinajstić information content (AvgIpc) is 3.46. The van der Waals surface area contributed by atoms with Crippen molar-refractivity contribution < 1.29 is 28.6 Å². The van der Waals surface area contributed by atoms with Crippen LogP contribution < -0.4 is 0 Å². The van der Waals surface area contributed by atoms with Gasteiger partial charge < -0.3 is 14.2 Å². The van der Waals surface area contributed by atoms with E-state index in [4.69, 9.17) is 14.2 Å². The van der Waals surface area contributed by atoms with Crippen LogP contribution >= 0.6 is 0 Å². The first kappa shape index (κ1) is 76.3. The summed E-state index contributed by atoms with van der Waals surface area (Å²) in [5, 5.41) is 0. The SMILES string of the molecule is CC/C=C\C/C=C\C/C=C\C/C=C\C/C=C\C/C=C\CCCCCCCCCCCCCCC(=O)OCC(COC(=O)CCCCC/C=C\C/C=C\C/C=C\CC)OC(=O)CCCCCCCC/C=C\C/C=C\C/C=C\CCCCC. The molecule has 0 bridgehead atoms. The van der Waals surface area contributed by atoms with Crippen molar-refractivity contribution in [3.05, 3.63) is 146 Å². The Labute approximate surface area is 499 Å².